The molecule has 33 heavy (non-hydrogen) atoms. The predicted molar refractivity (Wildman–Crippen MR) is 129 cm³/mol. The van der Waals surface area contributed by atoms with Crippen molar-refractivity contribution < 1.29 is 23.5 Å². The molecule has 0 fully saturated rings. The van der Waals surface area contributed by atoms with Crippen LogP contribution in [0.4, 0.5) is 14.9 Å². The van der Waals surface area contributed by atoms with Crippen molar-refractivity contribution in [2.75, 3.05) is 19.3 Å². The second kappa shape index (κ2) is 11.7. The number of hydrogen-bond acceptors (Lipinski definition) is 6. The van der Waals surface area contributed by atoms with Crippen LogP contribution >= 0.6 is 11.8 Å². The van der Waals surface area contributed by atoms with E-state index < -0.39 is 6.86 Å². The Morgan fingerprint density at radius 2 is 1.94 bits per heavy atom. The maximum Gasteiger partial charge on any atom is 0.302 e. The van der Waals surface area contributed by atoms with Gasteiger partial charge in [-0.25, -0.2) is 9.40 Å². The summed E-state index contributed by atoms with van der Waals surface area (Å²) in [6.45, 7) is 3.26. The molecule has 1 atom stereocenters. The number of benzene rings is 2. The summed E-state index contributed by atoms with van der Waals surface area (Å²) in [7, 11) is 1.49. The number of carbonyl (C=O) groups excluding carboxylic acids is 2. The van der Waals surface area contributed by atoms with Crippen LogP contribution < -0.4 is 14.8 Å². The fourth-order valence-electron chi connectivity index (χ4n) is 3.42. The highest BCUT2D eigenvalue weighted by Crippen LogP contribution is 2.34. The first-order valence-electron chi connectivity index (χ1n) is 10.8. The highest BCUT2D eigenvalue weighted by atomic mass is 32.2. The third kappa shape index (κ3) is 6.25. The second-order valence-corrected chi connectivity index (χ2v) is 8.59. The molecular formula is C24H28FN3O4S. The third-order valence-corrected chi connectivity index (χ3v) is 6.33. The standard InChI is InChI=1S/C24H28FN3O4S/c1-4-6-22(29)26-18-10-7-16(8-11-18)14-28-24(30)33-21(5-2)23(27-28)17-9-12-19(31-3)20(13-17)32-15-25/h7-13,21H,4-6,14-15H2,1-3H3,(H,26,29). The second-order valence-electron chi connectivity index (χ2n) is 7.44. The number of alkyl halides is 1. The molecule has 176 valence electrons. The number of rotatable bonds is 10. The average Bonchev–Trinajstić information content (AvgIpc) is 2.81. The molecule has 7 nitrogen and oxygen atoms in total. The van der Waals surface area contributed by atoms with Gasteiger partial charge in [0, 0.05) is 17.7 Å². The number of anilines is 1. The fourth-order valence-corrected chi connectivity index (χ4v) is 4.35. The Bertz CT molecular complexity index is 1010. The van der Waals surface area contributed by atoms with Crippen molar-refractivity contribution in [3.05, 3.63) is 53.6 Å². The van der Waals surface area contributed by atoms with Crippen LogP contribution in [0.2, 0.25) is 0 Å². The van der Waals surface area contributed by atoms with E-state index in [1.165, 1.54) is 23.9 Å². The first-order chi connectivity index (χ1) is 16.0. The Morgan fingerprint density at radius 3 is 2.58 bits per heavy atom. The lowest BCUT2D eigenvalue weighted by Crippen LogP contribution is -2.34. The van der Waals surface area contributed by atoms with Gasteiger partial charge in [0.2, 0.25) is 12.8 Å². The van der Waals surface area contributed by atoms with Crippen molar-refractivity contribution >= 4 is 34.3 Å². The monoisotopic (exact) mass is 473 g/mol. The number of nitrogens with one attached hydrogen (secondary N) is 1. The average molecular weight is 474 g/mol. The van der Waals surface area contributed by atoms with Crippen molar-refractivity contribution in [1.82, 2.24) is 5.01 Å². The molecule has 1 aliphatic heterocycles. The molecule has 0 aromatic heterocycles. The zero-order valence-corrected chi connectivity index (χ0v) is 19.8. The van der Waals surface area contributed by atoms with Gasteiger partial charge in [-0.1, -0.05) is 37.7 Å². The summed E-state index contributed by atoms with van der Waals surface area (Å²) in [5.41, 5.74) is 3.05. The molecule has 2 aromatic rings. The predicted octanol–water partition coefficient (Wildman–Crippen LogP) is 5.59. The smallest absolute Gasteiger partial charge is 0.302 e. The van der Waals surface area contributed by atoms with Crippen molar-refractivity contribution in [2.45, 2.75) is 44.9 Å². The Hall–Kier alpha value is -3.07. The number of nitrogens with zero attached hydrogens (tertiary/aromatic N) is 2. The van der Waals surface area contributed by atoms with Gasteiger partial charge in [0.25, 0.3) is 0 Å². The van der Waals surface area contributed by atoms with Gasteiger partial charge in [-0.15, -0.1) is 0 Å². The molecule has 1 heterocycles. The summed E-state index contributed by atoms with van der Waals surface area (Å²) in [5, 5.41) is 8.66. The van der Waals surface area contributed by atoms with Crippen LogP contribution in [-0.2, 0) is 11.3 Å². The van der Waals surface area contributed by atoms with E-state index in [-0.39, 0.29) is 22.1 Å². The lowest BCUT2D eigenvalue weighted by molar-refractivity contribution is -0.116. The number of hydrazone groups is 1. The zero-order chi connectivity index (χ0) is 23.8. The molecule has 0 bridgehead atoms. The summed E-state index contributed by atoms with van der Waals surface area (Å²) in [5.74, 6) is 0.681. The molecule has 1 unspecified atom stereocenters. The number of ether oxygens (including phenoxy) is 2. The van der Waals surface area contributed by atoms with Gasteiger partial charge in [0.1, 0.15) is 0 Å². The Kier molecular flexibility index (Phi) is 8.71. The maximum absolute atomic E-state index is 12.8. The lowest BCUT2D eigenvalue weighted by Gasteiger charge is -2.28. The quantitative estimate of drug-likeness (QED) is 0.486. The van der Waals surface area contributed by atoms with Crippen LogP contribution in [0.25, 0.3) is 0 Å². The summed E-state index contributed by atoms with van der Waals surface area (Å²) in [6, 6.07) is 12.6. The number of carbonyl (C=O) groups is 2. The summed E-state index contributed by atoms with van der Waals surface area (Å²) in [6.07, 6.45) is 1.97. The zero-order valence-electron chi connectivity index (χ0n) is 19.0. The summed E-state index contributed by atoms with van der Waals surface area (Å²) >= 11 is 1.22. The van der Waals surface area contributed by atoms with Crippen molar-refractivity contribution in [3.8, 4) is 11.5 Å². The van der Waals surface area contributed by atoms with E-state index in [4.69, 9.17) is 9.47 Å². The van der Waals surface area contributed by atoms with Gasteiger partial charge in [0.05, 0.1) is 24.6 Å². The molecule has 0 aliphatic carbocycles. The first-order valence-corrected chi connectivity index (χ1v) is 11.7. The minimum atomic E-state index is -0.974. The van der Waals surface area contributed by atoms with Crippen LogP contribution in [0, 0.1) is 0 Å². The molecule has 2 aromatic carbocycles. The molecular weight excluding hydrogens is 445 g/mol. The van der Waals surface area contributed by atoms with Crippen LogP contribution in [0.15, 0.2) is 47.6 Å². The number of amides is 2. The molecule has 9 heteroatoms. The van der Waals surface area contributed by atoms with Crippen molar-refractivity contribution in [1.29, 1.82) is 0 Å². The Labute approximate surface area is 197 Å². The third-order valence-electron chi connectivity index (χ3n) is 5.07. The van der Waals surface area contributed by atoms with E-state index in [9.17, 15) is 14.0 Å². The first kappa shape index (κ1) is 24.6. The molecule has 3 rings (SSSR count). The topological polar surface area (TPSA) is 80.2 Å². The van der Waals surface area contributed by atoms with E-state index in [0.717, 1.165) is 23.3 Å². The highest BCUT2D eigenvalue weighted by molar-refractivity contribution is 8.14. The van der Waals surface area contributed by atoms with Crippen molar-refractivity contribution in [3.63, 3.8) is 0 Å². The van der Waals surface area contributed by atoms with E-state index in [0.29, 0.717) is 30.8 Å². The number of methoxy groups -OCH3 is 1. The molecule has 0 spiro atoms. The van der Waals surface area contributed by atoms with Gasteiger partial charge in [-0.3, -0.25) is 9.59 Å². The minimum absolute atomic E-state index is 0.0247. The molecule has 2 amide bonds. The minimum Gasteiger partial charge on any atom is -0.493 e. The summed E-state index contributed by atoms with van der Waals surface area (Å²) in [4.78, 5) is 24.5. The fraction of sp³-hybridized carbons (Fsp3) is 0.375. The molecule has 1 aliphatic rings. The van der Waals surface area contributed by atoms with E-state index in [1.54, 1.807) is 12.1 Å². The molecule has 0 saturated heterocycles. The highest BCUT2D eigenvalue weighted by Gasteiger charge is 2.30. The number of halogens is 1. The molecule has 1 N–H and O–H groups in total. The lowest BCUT2D eigenvalue weighted by atomic mass is 10.0. The van der Waals surface area contributed by atoms with Gasteiger partial charge in [-0.05, 0) is 48.7 Å². The molecule has 0 radical (unpaired) electrons. The largest absolute Gasteiger partial charge is 0.493 e. The van der Waals surface area contributed by atoms with Crippen LogP contribution in [-0.4, -0.2) is 41.1 Å². The SMILES string of the molecule is CCCC(=O)Nc1ccc(CN2N=C(c3ccc(OC)c(OCF)c3)C(CC)SC2=O)cc1. The Morgan fingerprint density at radius 1 is 1.18 bits per heavy atom. The van der Waals surface area contributed by atoms with Gasteiger partial charge >= 0.3 is 5.24 Å². The Balaban J connectivity index is 1.83. The van der Waals surface area contributed by atoms with Gasteiger partial charge in [0.15, 0.2) is 11.5 Å². The number of thioether (sulfide) groups is 1. The molecule has 0 saturated carbocycles. The van der Waals surface area contributed by atoms with E-state index >= 15 is 0 Å². The van der Waals surface area contributed by atoms with Crippen molar-refractivity contribution in [2.24, 2.45) is 5.10 Å². The number of hydrogen-bond donors (Lipinski definition) is 1. The van der Waals surface area contributed by atoms with Gasteiger partial charge in [-0.2, -0.15) is 5.10 Å². The normalized spacial score (nSPS) is 15.8. The maximum atomic E-state index is 12.8. The van der Waals surface area contributed by atoms with Crippen LogP contribution in [0.1, 0.15) is 44.2 Å². The van der Waals surface area contributed by atoms with Crippen LogP contribution in [0.3, 0.4) is 0 Å². The van der Waals surface area contributed by atoms with E-state index in [2.05, 4.69) is 10.4 Å². The van der Waals surface area contributed by atoms with Crippen LogP contribution in [0.5, 0.6) is 11.5 Å². The summed E-state index contributed by atoms with van der Waals surface area (Å²) < 4.78 is 23.1. The van der Waals surface area contributed by atoms with E-state index in [1.807, 2.05) is 44.2 Å². The van der Waals surface area contributed by atoms with Gasteiger partial charge < -0.3 is 14.8 Å².